The van der Waals surface area contributed by atoms with Crippen LogP contribution < -0.4 is 19.5 Å². The van der Waals surface area contributed by atoms with Gasteiger partial charge < -0.3 is 19.5 Å². The molecule has 1 heterocycles. The summed E-state index contributed by atoms with van der Waals surface area (Å²) >= 11 is 5.94. The van der Waals surface area contributed by atoms with Gasteiger partial charge in [-0.05, 0) is 42.0 Å². The first-order chi connectivity index (χ1) is 12.1. The van der Waals surface area contributed by atoms with E-state index in [9.17, 15) is 10.1 Å². The van der Waals surface area contributed by atoms with Crippen molar-refractivity contribution in [3.63, 3.8) is 0 Å². The Morgan fingerprint density at radius 2 is 2.08 bits per heavy atom. The maximum atomic E-state index is 12.4. The van der Waals surface area contributed by atoms with Crippen LogP contribution in [-0.4, -0.2) is 19.8 Å². The fourth-order valence-corrected chi connectivity index (χ4v) is 2.46. The summed E-state index contributed by atoms with van der Waals surface area (Å²) in [5, 5.41) is 12.4. The van der Waals surface area contributed by atoms with E-state index in [4.69, 9.17) is 25.8 Å². The third kappa shape index (κ3) is 3.67. The molecule has 0 saturated carbocycles. The molecule has 0 aromatic heterocycles. The standard InChI is InChI=1S/C18H13ClN2O4/c1-23-15-5-3-13(19)8-14(15)21-18(22)12(9-20)6-11-2-4-16-17(7-11)25-10-24-16/h2-8H,10H2,1H3,(H,21,22)/b12-6+. The average Bonchev–Trinajstić information content (AvgIpc) is 3.07. The number of nitriles is 1. The first kappa shape index (κ1) is 16.7. The molecule has 2 aromatic carbocycles. The molecule has 0 aliphatic carbocycles. The van der Waals surface area contributed by atoms with Crippen LogP contribution in [0.1, 0.15) is 5.56 Å². The number of nitrogens with one attached hydrogen (secondary N) is 1. The molecule has 1 N–H and O–H groups in total. The van der Waals surface area contributed by atoms with Gasteiger partial charge in [0.2, 0.25) is 6.79 Å². The second kappa shape index (κ2) is 7.16. The fraction of sp³-hybridized carbons (Fsp3) is 0.111. The van der Waals surface area contributed by atoms with Crippen molar-refractivity contribution in [1.29, 1.82) is 5.26 Å². The molecule has 2 aromatic rings. The van der Waals surface area contributed by atoms with E-state index in [0.717, 1.165) is 0 Å². The van der Waals surface area contributed by atoms with Crippen LogP contribution >= 0.6 is 11.6 Å². The fourth-order valence-electron chi connectivity index (χ4n) is 2.29. The monoisotopic (exact) mass is 356 g/mol. The van der Waals surface area contributed by atoms with E-state index in [1.807, 2.05) is 6.07 Å². The summed E-state index contributed by atoms with van der Waals surface area (Å²) in [5.41, 5.74) is 0.960. The maximum absolute atomic E-state index is 12.4. The van der Waals surface area contributed by atoms with Crippen molar-refractivity contribution in [3.8, 4) is 23.3 Å². The normalized spacial score (nSPS) is 12.4. The Morgan fingerprint density at radius 1 is 1.28 bits per heavy atom. The highest BCUT2D eigenvalue weighted by Crippen LogP contribution is 2.33. The van der Waals surface area contributed by atoms with E-state index in [1.54, 1.807) is 36.4 Å². The second-order valence-electron chi connectivity index (χ2n) is 5.08. The summed E-state index contributed by atoms with van der Waals surface area (Å²) in [7, 11) is 1.48. The van der Waals surface area contributed by atoms with Gasteiger partial charge in [-0.1, -0.05) is 17.7 Å². The van der Waals surface area contributed by atoms with E-state index in [2.05, 4.69) is 5.32 Å². The molecule has 1 amide bonds. The third-order valence-electron chi connectivity index (χ3n) is 3.48. The summed E-state index contributed by atoms with van der Waals surface area (Å²) in [6, 6.07) is 11.9. The van der Waals surface area contributed by atoms with Crippen LogP contribution in [0.4, 0.5) is 5.69 Å². The molecular weight excluding hydrogens is 344 g/mol. The van der Waals surface area contributed by atoms with Crippen molar-refractivity contribution >= 4 is 29.3 Å². The minimum atomic E-state index is -0.569. The Balaban J connectivity index is 1.85. The molecule has 7 heteroatoms. The number of carbonyl (C=O) groups excluding carboxylic acids is 1. The van der Waals surface area contributed by atoms with Gasteiger partial charge in [0.05, 0.1) is 12.8 Å². The molecule has 6 nitrogen and oxygen atoms in total. The van der Waals surface area contributed by atoms with Gasteiger partial charge in [0.25, 0.3) is 5.91 Å². The lowest BCUT2D eigenvalue weighted by Crippen LogP contribution is -2.14. The van der Waals surface area contributed by atoms with Crippen LogP contribution in [-0.2, 0) is 4.79 Å². The molecule has 0 spiro atoms. The lowest BCUT2D eigenvalue weighted by molar-refractivity contribution is -0.112. The minimum Gasteiger partial charge on any atom is -0.495 e. The Morgan fingerprint density at radius 3 is 2.84 bits per heavy atom. The molecule has 0 radical (unpaired) electrons. The van der Waals surface area contributed by atoms with Crippen molar-refractivity contribution in [2.24, 2.45) is 0 Å². The van der Waals surface area contributed by atoms with Crippen LogP contribution in [0.15, 0.2) is 42.0 Å². The number of amides is 1. The summed E-state index contributed by atoms with van der Waals surface area (Å²) < 4.78 is 15.7. The molecule has 0 atom stereocenters. The predicted molar refractivity (Wildman–Crippen MR) is 92.8 cm³/mol. The number of hydrogen-bond donors (Lipinski definition) is 1. The molecule has 0 unspecified atom stereocenters. The van der Waals surface area contributed by atoms with Gasteiger partial charge >= 0.3 is 0 Å². The zero-order valence-corrected chi connectivity index (χ0v) is 14.0. The van der Waals surface area contributed by atoms with Crippen LogP contribution in [0.2, 0.25) is 5.02 Å². The lowest BCUT2D eigenvalue weighted by Gasteiger charge is -2.10. The van der Waals surface area contributed by atoms with E-state index in [-0.39, 0.29) is 12.4 Å². The second-order valence-corrected chi connectivity index (χ2v) is 5.52. The maximum Gasteiger partial charge on any atom is 0.266 e. The Labute approximate surface area is 149 Å². The summed E-state index contributed by atoms with van der Waals surface area (Å²) in [5.74, 6) is 1.07. The number of halogens is 1. The smallest absolute Gasteiger partial charge is 0.266 e. The largest absolute Gasteiger partial charge is 0.495 e. The Kier molecular flexibility index (Phi) is 4.78. The number of rotatable bonds is 4. The highest BCUT2D eigenvalue weighted by molar-refractivity contribution is 6.31. The molecule has 3 rings (SSSR count). The van der Waals surface area contributed by atoms with E-state index in [0.29, 0.717) is 33.5 Å². The zero-order chi connectivity index (χ0) is 17.8. The molecule has 0 saturated heterocycles. The van der Waals surface area contributed by atoms with Gasteiger partial charge in [-0.3, -0.25) is 4.79 Å². The number of nitrogens with zero attached hydrogens (tertiary/aromatic N) is 1. The van der Waals surface area contributed by atoms with Crippen molar-refractivity contribution in [2.45, 2.75) is 0 Å². The average molecular weight is 357 g/mol. The van der Waals surface area contributed by atoms with Crippen molar-refractivity contribution in [1.82, 2.24) is 0 Å². The first-order valence-electron chi connectivity index (χ1n) is 7.27. The lowest BCUT2D eigenvalue weighted by atomic mass is 10.1. The highest BCUT2D eigenvalue weighted by Gasteiger charge is 2.15. The Hall–Kier alpha value is -3.17. The van der Waals surface area contributed by atoms with Crippen molar-refractivity contribution in [2.75, 3.05) is 19.2 Å². The first-order valence-corrected chi connectivity index (χ1v) is 7.65. The van der Waals surface area contributed by atoms with E-state index < -0.39 is 5.91 Å². The zero-order valence-electron chi connectivity index (χ0n) is 13.2. The SMILES string of the molecule is COc1ccc(Cl)cc1NC(=O)/C(C#N)=C/c1ccc2c(c1)OCO2. The third-order valence-corrected chi connectivity index (χ3v) is 3.72. The highest BCUT2D eigenvalue weighted by atomic mass is 35.5. The number of benzene rings is 2. The molecule has 1 aliphatic rings. The topological polar surface area (TPSA) is 80.6 Å². The summed E-state index contributed by atoms with van der Waals surface area (Å²) in [4.78, 5) is 12.4. The van der Waals surface area contributed by atoms with Crippen LogP contribution in [0, 0.1) is 11.3 Å². The van der Waals surface area contributed by atoms with Crippen LogP contribution in [0.3, 0.4) is 0 Å². The number of ether oxygens (including phenoxy) is 3. The molecule has 25 heavy (non-hydrogen) atoms. The quantitative estimate of drug-likeness (QED) is 0.668. The van der Waals surface area contributed by atoms with E-state index in [1.165, 1.54) is 13.2 Å². The summed E-state index contributed by atoms with van der Waals surface area (Å²) in [6.45, 7) is 0.155. The number of carbonyl (C=O) groups is 1. The van der Waals surface area contributed by atoms with Gasteiger partial charge in [-0.2, -0.15) is 5.26 Å². The van der Waals surface area contributed by atoms with Crippen molar-refractivity contribution < 1.29 is 19.0 Å². The summed E-state index contributed by atoms with van der Waals surface area (Å²) in [6.07, 6.45) is 1.47. The van der Waals surface area contributed by atoms with Crippen LogP contribution in [0.25, 0.3) is 6.08 Å². The number of hydrogen-bond acceptors (Lipinski definition) is 5. The number of methoxy groups -OCH3 is 1. The number of fused-ring (bicyclic) bond motifs is 1. The molecule has 1 aliphatic heterocycles. The Bertz CT molecular complexity index is 902. The van der Waals surface area contributed by atoms with Gasteiger partial charge in [0, 0.05) is 5.02 Å². The number of anilines is 1. The van der Waals surface area contributed by atoms with Gasteiger partial charge in [-0.25, -0.2) is 0 Å². The van der Waals surface area contributed by atoms with Crippen molar-refractivity contribution in [3.05, 3.63) is 52.6 Å². The van der Waals surface area contributed by atoms with Gasteiger partial charge in [-0.15, -0.1) is 0 Å². The molecule has 0 fully saturated rings. The van der Waals surface area contributed by atoms with Gasteiger partial charge in [0.1, 0.15) is 17.4 Å². The molecular formula is C18H13ClN2O4. The predicted octanol–water partition coefficient (Wildman–Crippen LogP) is 3.62. The minimum absolute atomic E-state index is 0.0686. The van der Waals surface area contributed by atoms with Crippen LogP contribution in [0.5, 0.6) is 17.2 Å². The van der Waals surface area contributed by atoms with E-state index >= 15 is 0 Å². The molecule has 126 valence electrons. The molecule has 0 bridgehead atoms. The van der Waals surface area contributed by atoms with Gasteiger partial charge in [0.15, 0.2) is 11.5 Å².